The standard InChI is InChI=1S/C13H20ClNOS/c1-9(2)5-13(3)8-15-6-11(16-13)10-4-12(14)17-7-10/h4,7,9,11,15H,5-6,8H2,1-3H3. The number of rotatable bonds is 3. The van der Waals surface area contributed by atoms with Crippen LogP contribution in [-0.4, -0.2) is 18.7 Å². The van der Waals surface area contributed by atoms with Gasteiger partial charge >= 0.3 is 0 Å². The molecule has 2 heterocycles. The summed E-state index contributed by atoms with van der Waals surface area (Å²) in [6.45, 7) is 8.47. The number of hydrogen-bond donors (Lipinski definition) is 1. The van der Waals surface area contributed by atoms with E-state index in [-0.39, 0.29) is 11.7 Å². The topological polar surface area (TPSA) is 21.3 Å². The number of morpholine rings is 1. The first-order valence-electron chi connectivity index (χ1n) is 6.11. The second-order valence-electron chi connectivity index (χ2n) is 5.47. The Morgan fingerprint density at radius 3 is 3.00 bits per heavy atom. The lowest BCUT2D eigenvalue weighted by Gasteiger charge is -2.40. The minimum Gasteiger partial charge on any atom is -0.365 e. The quantitative estimate of drug-likeness (QED) is 0.903. The molecule has 17 heavy (non-hydrogen) atoms. The van der Waals surface area contributed by atoms with E-state index < -0.39 is 0 Å². The first-order valence-corrected chi connectivity index (χ1v) is 7.37. The van der Waals surface area contributed by atoms with Gasteiger partial charge in [0.1, 0.15) is 0 Å². The molecule has 0 radical (unpaired) electrons. The molecule has 1 fully saturated rings. The summed E-state index contributed by atoms with van der Waals surface area (Å²) in [7, 11) is 0. The Balaban J connectivity index is 2.06. The fourth-order valence-electron chi connectivity index (χ4n) is 2.56. The van der Waals surface area contributed by atoms with Gasteiger partial charge < -0.3 is 10.1 Å². The Labute approximate surface area is 112 Å². The molecule has 2 nitrogen and oxygen atoms in total. The number of nitrogens with one attached hydrogen (secondary N) is 1. The smallest absolute Gasteiger partial charge is 0.0965 e. The van der Waals surface area contributed by atoms with Crippen molar-refractivity contribution >= 4 is 22.9 Å². The zero-order chi connectivity index (χ0) is 12.5. The van der Waals surface area contributed by atoms with Crippen molar-refractivity contribution in [2.45, 2.75) is 38.9 Å². The number of halogens is 1. The maximum absolute atomic E-state index is 6.27. The van der Waals surface area contributed by atoms with Crippen LogP contribution in [0.25, 0.3) is 0 Å². The lowest BCUT2D eigenvalue weighted by molar-refractivity contribution is -0.116. The molecule has 1 N–H and O–H groups in total. The molecule has 1 aromatic rings. The molecule has 1 aromatic heterocycles. The lowest BCUT2D eigenvalue weighted by atomic mass is 9.92. The van der Waals surface area contributed by atoms with Crippen molar-refractivity contribution < 1.29 is 4.74 Å². The zero-order valence-corrected chi connectivity index (χ0v) is 12.2. The molecule has 0 amide bonds. The molecule has 0 aliphatic carbocycles. The second-order valence-corrected chi connectivity index (χ2v) is 7.01. The number of thiophene rings is 1. The monoisotopic (exact) mass is 273 g/mol. The summed E-state index contributed by atoms with van der Waals surface area (Å²) in [5.41, 5.74) is 1.13. The zero-order valence-electron chi connectivity index (χ0n) is 10.6. The van der Waals surface area contributed by atoms with Crippen molar-refractivity contribution in [3.8, 4) is 0 Å². The van der Waals surface area contributed by atoms with Crippen LogP contribution in [0.2, 0.25) is 4.34 Å². The summed E-state index contributed by atoms with van der Waals surface area (Å²) < 4.78 is 7.10. The predicted molar refractivity (Wildman–Crippen MR) is 73.9 cm³/mol. The van der Waals surface area contributed by atoms with E-state index in [0.29, 0.717) is 5.92 Å². The van der Waals surface area contributed by atoms with Crippen molar-refractivity contribution in [2.75, 3.05) is 13.1 Å². The van der Waals surface area contributed by atoms with E-state index in [9.17, 15) is 0 Å². The Bertz CT molecular complexity index is 379. The largest absolute Gasteiger partial charge is 0.365 e. The van der Waals surface area contributed by atoms with Crippen LogP contribution in [0, 0.1) is 5.92 Å². The molecule has 2 unspecified atom stereocenters. The summed E-state index contributed by atoms with van der Waals surface area (Å²) in [5.74, 6) is 0.645. The molecule has 0 saturated carbocycles. The summed E-state index contributed by atoms with van der Waals surface area (Å²) in [6.07, 6.45) is 1.21. The van der Waals surface area contributed by atoms with Gasteiger partial charge in [0, 0.05) is 13.1 Å². The first-order chi connectivity index (χ1) is 7.98. The second kappa shape index (κ2) is 5.27. The molecule has 0 bridgehead atoms. The van der Waals surface area contributed by atoms with Crippen LogP contribution >= 0.6 is 22.9 Å². The molecule has 0 spiro atoms. The van der Waals surface area contributed by atoms with E-state index in [0.717, 1.165) is 23.8 Å². The highest BCUT2D eigenvalue weighted by molar-refractivity contribution is 7.14. The maximum Gasteiger partial charge on any atom is 0.0965 e. The van der Waals surface area contributed by atoms with Crippen LogP contribution in [0.1, 0.15) is 38.9 Å². The van der Waals surface area contributed by atoms with Crippen LogP contribution in [0.5, 0.6) is 0 Å². The lowest BCUT2D eigenvalue weighted by Crippen LogP contribution is -2.49. The Hall–Kier alpha value is -0.0900. The van der Waals surface area contributed by atoms with Gasteiger partial charge in [-0.1, -0.05) is 25.4 Å². The van der Waals surface area contributed by atoms with Crippen molar-refractivity contribution in [1.29, 1.82) is 0 Å². The van der Waals surface area contributed by atoms with Crippen molar-refractivity contribution in [3.63, 3.8) is 0 Å². The fraction of sp³-hybridized carbons (Fsp3) is 0.692. The third-order valence-electron chi connectivity index (χ3n) is 3.06. The van der Waals surface area contributed by atoms with Gasteiger partial charge in [-0.3, -0.25) is 0 Å². The SMILES string of the molecule is CC(C)CC1(C)CNCC(c2csc(Cl)c2)O1. The molecular formula is C13H20ClNOS. The van der Waals surface area contributed by atoms with Crippen LogP contribution in [0.15, 0.2) is 11.4 Å². The van der Waals surface area contributed by atoms with Crippen LogP contribution in [-0.2, 0) is 4.74 Å². The summed E-state index contributed by atoms with van der Waals surface area (Å²) in [4.78, 5) is 0. The van der Waals surface area contributed by atoms with Gasteiger partial charge in [0.15, 0.2) is 0 Å². The molecule has 2 atom stereocenters. The van der Waals surface area contributed by atoms with Crippen molar-refractivity contribution in [2.24, 2.45) is 5.92 Å². The van der Waals surface area contributed by atoms with Crippen LogP contribution in [0.4, 0.5) is 0 Å². The van der Waals surface area contributed by atoms with Crippen molar-refractivity contribution in [3.05, 3.63) is 21.3 Å². The highest BCUT2D eigenvalue weighted by atomic mass is 35.5. The molecular weight excluding hydrogens is 254 g/mol. The fourth-order valence-corrected chi connectivity index (χ4v) is 3.49. The summed E-state index contributed by atoms with van der Waals surface area (Å²) in [6, 6.07) is 2.01. The van der Waals surface area contributed by atoms with E-state index in [1.54, 1.807) is 11.3 Å². The number of hydrogen-bond acceptors (Lipinski definition) is 3. The van der Waals surface area contributed by atoms with Crippen LogP contribution in [0.3, 0.4) is 0 Å². The molecule has 2 rings (SSSR count). The van der Waals surface area contributed by atoms with Gasteiger partial charge in [-0.2, -0.15) is 0 Å². The maximum atomic E-state index is 6.27. The minimum absolute atomic E-state index is 0.0640. The number of ether oxygens (including phenoxy) is 1. The Morgan fingerprint density at radius 2 is 2.41 bits per heavy atom. The van der Waals surface area contributed by atoms with Gasteiger partial charge in [-0.25, -0.2) is 0 Å². The van der Waals surface area contributed by atoms with Gasteiger partial charge in [0.25, 0.3) is 0 Å². The first kappa shape index (κ1) is 13.3. The predicted octanol–water partition coefficient (Wildman–Crippen LogP) is 3.87. The van der Waals surface area contributed by atoms with Crippen molar-refractivity contribution in [1.82, 2.24) is 5.32 Å². The van der Waals surface area contributed by atoms with Gasteiger partial charge in [-0.05, 0) is 36.3 Å². The average molecular weight is 274 g/mol. The van der Waals surface area contributed by atoms with Gasteiger partial charge in [0.2, 0.25) is 0 Å². The Kier molecular flexibility index (Phi) is 4.14. The summed E-state index contributed by atoms with van der Waals surface area (Å²) >= 11 is 7.55. The third-order valence-corrected chi connectivity index (χ3v) is 4.16. The average Bonchev–Trinajstić information content (AvgIpc) is 2.63. The summed E-state index contributed by atoms with van der Waals surface area (Å²) in [5, 5.41) is 5.57. The molecule has 96 valence electrons. The molecule has 1 aliphatic rings. The highest BCUT2D eigenvalue weighted by Crippen LogP contribution is 2.34. The Morgan fingerprint density at radius 1 is 1.65 bits per heavy atom. The van der Waals surface area contributed by atoms with E-state index in [2.05, 4.69) is 31.5 Å². The van der Waals surface area contributed by atoms with E-state index in [4.69, 9.17) is 16.3 Å². The third kappa shape index (κ3) is 3.44. The molecule has 4 heteroatoms. The molecule has 1 saturated heterocycles. The molecule has 0 aromatic carbocycles. The van der Waals surface area contributed by atoms with E-state index >= 15 is 0 Å². The normalized spacial score (nSPS) is 29.8. The van der Waals surface area contributed by atoms with E-state index in [1.165, 1.54) is 5.56 Å². The minimum atomic E-state index is -0.0640. The van der Waals surface area contributed by atoms with Crippen LogP contribution < -0.4 is 5.32 Å². The van der Waals surface area contributed by atoms with Gasteiger partial charge in [-0.15, -0.1) is 11.3 Å². The van der Waals surface area contributed by atoms with Gasteiger partial charge in [0.05, 0.1) is 16.0 Å². The molecule has 1 aliphatic heterocycles. The van der Waals surface area contributed by atoms with E-state index in [1.807, 2.05) is 6.07 Å². The highest BCUT2D eigenvalue weighted by Gasteiger charge is 2.34.